The van der Waals surface area contributed by atoms with E-state index in [4.69, 9.17) is 23.2 Å². The number of nitro groups is 1. The summed E-state index contributed by atoms with van der Waals surface area (Å²) in [5.41, 5.74) is 4.56. The summed E-state index contributed by atoms with van der Waals surface area (Å²) in [7, 11) is 0. The first-order valence-electron chi connectivity index (χ1n) is 9.77. The van der Waals surface area contributed by atoms with E-state index >= 15 is 0 Å². The van der Waals surface area contributed by atoms with Crippen LogP contribution in [0.1, 0.15) is 22.4 Å². The number of hydrogen-bond acceptors (Lipinski definition) is 3. The van der Waals surface area contributed by atoms with Crippen LogP contribution in [0.2, 0.25) is 10.0 Å². The summed E-state index contributed by atoms with van der Waals surface area (Å²) >= 11 is 12.4. The zero-order chi connectivity index (χ0) is 22.8. The van der Waals surface area contributed by atoms with Gasteiger partial charge in [0.05, 0.1) is 16.6 Å². The first kappa shape index (κ1) is 21.6. The van der Waals surface area contributed by atoms with Crippen LogP contribution in [-0.4, -0.2) is 9.49 Å². The number of fused-ring (bicyclic) bond motifs is 1. The highest BCUT2D eigenvalue weighted by Crippen LogP contribution is 2.32. The van der Waals surface area contributed by atoms with Crippen molar-refractivity contribution in [1.82, 2.24) is 4.57 Å². The molecule has 0 aliphatic rings. The van der Waals surface area contributed by atoms with Crippen molar-refractivity contribution < 1.29 is 4.92 Å². The van der Waals surface area contributed by atoms with Gasteiger partial charge in [-0.05, 0) is 42.3 Å². The fourth-order valence-electron chi connectivity index (χ4n) is 3.78. The molecule has 0 unspecified atom stereocenters. The lowest BCUT2D eigenvalue weighted by molar-refractivity contribution is -0.384. The predicted molar refractivity (Wildman–Crippen MR) is 129 cm³/mol. The molecule has 0 atom stereocenters. The van der Waals surface area contributed by atoms with E-state index in [-0.39, 0.29) is 5.69 Å². The highest BCUT2D eigenvalue weighted by atomic mass is 35.5. The van der Waals surface area contributed by atoms with Crippen LogP contribution in [-0.2, 0) is 6.54 Å². The maximum absolute atomic E-state index is 11.2. The quantitative estimate of drug-likeness (QED) is 0.178. The first-order chi connectivity index (χ1) is 15.4. The van der Waals surface area contributed by atoms with Crippen LogP contribution in [0.4, 0.5) is 5.69 Å². The lowest BCUT2D eigenvalue weighted by atomic mass is 10.0. The minimum atomic E-state index is -0.467. The molecule has 32 heavy (non-hydrogen) atoms. The van der Waals surface area contributed by atoms with E-state index in [0.29, 0.717) is 27.7 Å². The van der Waals surface area contributed by atoms with Crippen LogP contribution in [0, 0.1) is 28.4 Å². The molecule has 158 valence electrons. The summed E-state index contributed by atoms with van der Waals surface area (Å²) in [6.07, 6.45) is 1.79. The summed E-state index contributed by atoms with van der Waals surface area (Å²) in [6.45, 7) is 2.52. The normalized spacial score (nSPS) is 11.5. The molecule has 0 radical (unpaired) electrons. The third-order valence-electron chi connectivity index (χ3n) is 5.40. The maximum Gasteiger partial charge on any atom is 0.270 e. The van der Waals surface area contributed by atoms with E-state index in [1.54, 1.807) is 30.3 Å². The number of para-hydroxylation sites is 1. The van der Waals surface area contributed by atoms with Gasteiger partial charge in [0.2, 0.25) is 0 Å². The largest absolute Gasteiger partial charge is 0.340 e. The summed E-state index contributed by atoms with van der Waals surface area (Å²) in [6, 6.07) is 21.6. The number of non-ortho nitro benzene ring substituents is 1. The van der Waals surface area contributed by atoms with Gasteiger partial charge in [-0.25, -0.2) is 0 Å². The van der Waals surface area contributed by atoms with Crippen LogP contribution in [0.5, 0.6) is 0 Å². The number of allylic oxidation sites excluding steroid dienone is 1. The van der Waals surface area contributed by atoms with E-state index in [2.05, 4.69) is 10.6 Å². The van der Waals surface area contributed by atoms with E-state index in [1.807, 2.05) is 37.3 Å². The Balaban J connectivity index is 1.86. The second-order valence-corrected chi connectivity index (χ2v) is 8.16. The molecule has 3 aromatic carbocycles. The number of halogens is 2. The van der Waals surface area contributed by atoms with Crippen LogP contribution < -0.4 is 0 Å². The molecule has 0 fully saturated rings. The Kier molecular flexibility index (Phi) is 6.00. The van der Waals surface area contributed by atoms with Crippen molar-refractivity contribution in [2.24, 2.45) is 0 Å². The molecule has 1 heterocycles. The molecular weight excluding hydrogens is 445 g/mol. The Bertz CT molecular complexity index is 1430. The molecule has 4 rings (SSSR count). The van der Waals surface area contributed by atoms with Crippen molar-refractivity contribution in [1.29, 1.82) is 5.26 Å². The van der Waals surface area contributed by atoms with Crippen molar-refractivity contribution in [3.05, 3.63) is 109 Å². The van der Waals surface area contributed by atoms with Crippen molar-refractivity contribution in [3.63, 3.8) is 0 Å². The molecule has 0 aliphatic heterocycles. The highest BCUT2D eigenvalue weighted by Gasteiger charge is 2.16. The Hall–Kier alpha value is -3.59. The summed E-state index contributed by atoms with van der Waals surface area (Å²) in [5.74, 6) is 0. The number of rotatable bonds is 5. The molecule has 5 nitrogen and oxygen atoms in total. The molecule has 0 saturated carbocycles. The van der Waals surface area contributed by atoms with E-state index in [1.165, 1.54) is 12.1 Å². The fourth-order valence-corrected chi connectivity index (χ4v) is 4.24. The average molecular weight is 462 g/mol. The fraction of sp³-hybridized carbons (Fsp3) is 0.0800. The van der Waals surface area contributed by atoms with Gasteiger partial charge in [-0.3, -0.25) is 10.1 Å². The van der Waals surface area contributed by atoms with Crippen LogP contribution in [0.3, 0.4) is 0 Å². The van der Waals surface area contributed by atoms with Gasteiger partial charge in [-0.15, -0.1) is 0 Å². The number of nitriles is 1. The highest BCUT2D eigenvalue weighted by molar-refractivity contribution is 6.35. The van der Waals surface area contributed by atoms with E-state index in [0.717, 1.165) is 27.7 Å². The van der Waals surface area contributed by atoms with Gasteiger partial charge in [0.25, 0.3) is 5.69 Å². The molecule has 0 N–H and O–H groups in total. The van der Waals surface area contributed by atoms with Crippen molar-refractivity contribution in [3.8, 4) is 6.07 Å². The maximum atomic E-state index is 11.2. The standard InChI is InChI=1S/C25H17Cl2N3O2/c1-16-23(12-19(14-28)17-5-4-6-21(11-17)30(31)32)22-7-2-3-8-25(22)29(16)15-18-9-10-20(26)13-24(18)27/h2-13H,15H2,1H3/b19-12-. The number of hydrogen-bond donors (Lipinski definition) is 0. The number of benzene rings is 3. The lowest BCUT2D eigenvalue weighted by Crippen LogP contribution is -2.02. The second-order valence-electron chi connectivity index (χ2n) is 7.32. The molecule has 0 bridgehead atoms. The van der Waals surface area contributed by atoms with E-state index in [9.17, 15) is 15.4 Å². The van der Waals surface area contributed by atoms with Gasteiger partial charge in [0.15, 0.2) is 0 Å². The Morgan fingerprint density at radius 1 is 1.12 bits per heavy atom. The molecule has 1 aromatic heterocycles. The molecule has 0 spiro atoms. The smallest absolute Gasteiger partial charge is 0.270 e. The van der Waals surface area contributed by atoms with Crippen LogP contribution >= 0.6 is 23.2 Å². The second kappa shape index (κ2) is 8.88. The molecule has 0 aliphatic carbocycles. The summed E-state index contributed by atoms with van der Waals surface area (Å²) < 4.78 is 2.14. The third-order valence-corrected chi connectivity index (χ3v) is 5.99. The SMILES string of the molecule is Cc1c(/C=C(/C#N)c2cccc([N+](=O)[O-])c2)c2ccccc2n1Cc1ccc(Cl)cc1Cl. The van der Waals surface area contributed by atoms with Gasteiger partial charge >= 0.3 is 0 Å². The van der Waals surface area contributed by atoms with Crippen molar-refractivity contribution >= 4 is 51.4 Å². The molecule has 0 amide bonds. The minimum absolute atomic E-state index is 0.0554. The first-order valence-corrected chi connectivity index (χ1v) is 10.5. The molecule has 7 heteroatoms. The molecule has 4 aromatic rings. The topological polar surface area (TPSA) is 71.9 Å². The van der Waals surface area contributed by atoms with Crippen molar-refractivity contribution in [2.45, 2.75) is 13.5 Å². The van der Waals surface area contributed by atoms with Gasteiger partial charge in [-0.2, -0.15) is 5.26 Å². The number of nitro benzene ring substituents is 1. The number of nitrogens with zero attached hydrogens (tertiary/aromatic N) is 3. The van der Waals surface area contributed by atoms with Gasteiger partial charge in [-0.1, -0.05) is 59.6 Å². The Labute approximate surface area is 194 Å². The zero-order valence-corrected chi connectivity index (χ0v) is 18.6. The summed E-state index contributed by atoms with van der Waals surface area (Å²) in [5, 5.41) is 23.1. The lowest BCUT2D eigenvalue weighted by Gasteiger charge is -2.11. The monoisotopic (exact) mass is 461 g/mol. The van der Waals surface area contributed by atoms with Crippen LogP contribution in [0.25, 0.3) is 22.6 Å². The summed E-state index contributed by atoms with van der Waals surface area (Å²) in [4.78, 5) is 10.7. The van der Waals surface area contributed by atoms with Crippen LogP contribution in [0.15, 0.2) is 66.7 Å². The predicted octanol–water partition coefficient (Wildman–Crippen LogP) is 7.28. The molecule has 0 saturated heterocycles. The van der Waals surface area contributed by atoms with Gasteiger partial charge in [0.1, 0.15) is 0 Å². The van der Waals surface area contributed by atoms with E-state index < -0.39 is 4.92 Å². The Morgan fingerprint density at radius 3 is 2.62 bits per heavy atom. The average Bonchev–Trinajstić information content (AvgIpc) is 3.04. The zero-order valence-electron chi connectivity index (χ0n) is 17.0. The van der Waals surface area contributed by atoms with Crippen molar-refractivity contribution in [2.75, 3.05) is 0 Å². The minimum Gasteiger partial charge on any atom is -0.340 e. The third kappa shape index (κ3) is 4.11. The molecular formula is C25H17Cl2N3O2. The Morgan fingerprint density at radius 2 is 1.91 bits per heavy atom. The van der Waals surface area contributed by atoms with Gasteiger partial charge in [0, 0.05) is 50.9 Å². The van der Waals surface area contributed by atoms with Gasteiger partial charge < -0.3 is 4.57 Å². The number of aromatic nitrogens is 1.